The van der Waals surface area contributed by atoms with E-state index in [1.165, 1.54) is 0 Å². The molecule has 1 fully saturated rings. The lowest BCUT2D eigenvalue weighted by Gasteiger charge is -2.37. The van der Waals surface area contributed by atoms with E-state index in [0.717, 1.165) is 30.1 Å². The highest BCUT2D eigenvalue weighted by molar-refractivity contribution is 5.96. The van der Waals surface area contributed by atoms with Crippen molar-refractivity contribution in [2.45, 2.75) is 13.8 Å². The summed E-state index contributed by atoms with van der Waals surface area (Å²) in [5.74, 6) is 0.957. The van der Waals surface area contributed by atoms with Crippen LogP contribution in [-0.4, -0.2) is 43.6 Å². The van der Waals surface area contributed by atoms with Crippen LogP contribution in [0, 0.1) is 6.92 Å². The number of halogens is 2. The van der Waals surface area contributed by atoms with Crippen LogP contribution in [0.5, 0.6) is 5.75 Å². The SMILES string of the molecule is CCOc1ccccc1N1CCN(C(=O)c2cc(N)ccc2C)CC1.Cl.Cl. The first-order valence-electron chi connectivity index (χ1n) is 8.72. The number of aryl methyl sites for hydroxylation is 1. The van der Waals surface area contributed by atoms with E-state index in [9.17, 15) is 4.79 Å². The summed E-state index contributed by atoms with van der Waals surface area (Å²) in [6, 6.07) is 13.6. The fourth-order valence-electron chi connectivity index (χ4n) is 3.19. The standard InChI is InChI=1S/C20H25N3O2.2ClH/c1-3-25-19-7-5-4-6-18(19)22-10-12-23(13-11-22)20(24)17-14-16(21)9-8-15(17)2;;/h4-9,14H,3,10-13,21H2,1-2H3;2*1H. The van der Waals surface area contributed by atoms with E-state index < -0.39 is 0 Å². The molecule has 3 rings (SSSR count). The Kier molecular flexibility index (Phi) is 8.73. The van der Waals surface area contributed by atoms with Crippen LogP contribution >= 0.6 is 24.8 Å². The maximum atomic E-state index is 12.8. The zero-order chi connectivity index (χ0) is 17.8. The highest BCUT2D eigenvalue weighted by Crippen LogP contribution is 2.29. The number of anilines is 2. The molecule has 1 saturated heterocycles. The number of benzene rings is 2. The Balaban J connectivity index is 0.00000182. The van der Waals surface area contributed by atoms with Gasteiger partial charge in [-0.15, -0.1) is 24.8 Å². The van der Waals surface area contributed by atoms with Crippen LogP contribution in [0.1, 0.15) is 22.8 Å². The van der Waals surface area contributed by atoms with Crippen molar-refractivity contribution >= 4 is 42.1 Å². The monoisotopic (exact) mass is 411 g/mol. The lowest BCUT2D eigenvalue weighted by Crippen LogP contribution is -2.49. The summed E-state index contributed by atoms with van der Waals surface area (Å²) in [6.07, 6.45) is 0. The molecule has 0 spiro atoms. The number of carbonyl (C=O) groups is 1. The van der Waals surface area contributed by atoms with Crippen LogP contribution in [0.2, 0.25) is 0 Å². The molecule has 1 heterocycles. The zero-order valence-corrected chi connectivity index (χ0v) is 17.3. The quantitative estimate of drug-likeness (QED) is 0.777. The van der Waals surface area contributed by atoms with E-state index in [-0.39, 0.29) is 30.7 Å². The molecule has 2 aromatic carbocycles. The minimum atomic E-state index is 0. The van der Waals surface area contributed by atoms with E-state index >= 15 is 0 Å². The Morgan fingerprint density at radius 1 is 1.07 bits per heavy atom. The van der Waals surface area contributed by atoms with Crippen molar-refractivity contribution in [2.24, 2.45) is 0 Å². The number of carbonyl (C=O) groups excluding carboxylic acids is 1. The number of hydrogen-bond donors (Lipinski definition) is 1. The highest BCUT2D eigenvalue weighted by Gasteiger charge is 2.24. The van der Waals surface area contributed by atoms with Gasteiger partial charge in [0.15, 0.2) is 0 Å². The third-order valence-corrected chi connectivity index (χ3v) is 4.56. The number of nitrogen functional groups attached to an aromatic ring is 1. The largest absolute Gasteiger partial charge is 0.492 e. The molecule has 1 aliphatic heterocycles. The summed E-state index contributed by atoms with van der Waals surface area (Å²) < 4.78 is 5.73. The Morgan fingerprint density at radius 3 is 2.41 bits per heavy atom. The van der Waals surface area contributed by atoms with Crippen LogP contribution in [-0.2, 0) is 0 Å². The summed E-state index contributed by atoms with van der Waals surface area (Å²) in [6.45, 7) is 7.53. The second-order valence-corrected chi connectivity index (χ2v) is 6.25. The predicted octanol–water partition coefficient (Wildman–Crippen LogP) is 3.78. The molecular formula is C20H27Cl2N3O2. The molecule has 1 amide bonds. The minimum Gasteiger partial charge on any atom is -0.492 e. The van der Waals surface area contributed by atoms with E-state index in [1.807, 2.05) is 49.1 Å². The lowest BCUT2D eigenvalue weighted by atomic mass is 10.1. The van der Waals surface area contributed by atoms with Crippen LogP contribution in [0.15, 0.2) is 42.5 Å². The van der Waals surface area contributed by atoms with Crippen molar-refractivity contribution in [3.63, 3.8) is 0 Å². The molecule has 27 heavy (non-hydrogen) atoms. The summed E-state index contributed by atoms with van der Waals surface area (Å²) in [5.41, 5.74) is 9.22. The number of ether oxygens (including phenoxy) is 1. The number of rotatable bonds is 4. The molecule has 148 valence electrons. The molecule has 0 unspecified atom stereocenters. The molecule has 2 N–H and O–H groups in total. The molecule has 0 saturated carbocycles. The van der Waals surface area contributed by atoms with Crippen LogP contribution in [0.3, 0.4) is 0 Å². The lowest BCUT2D eigenvalue weighted by molar-refractivity contribution is 0.0746. The van der Waals surface area contributed by atoms with Gasteiger partial charge in [-0.25, -0.2) is 0 Å². The molecule has 5 nitrogen and oxygen atoms in total. The number of nitrogens with zero attached hydrogens (tertiary/aromatic N) is 2. The van der Waals surface area contributed by atoms with Gasteiger partial charge in [0.2, 0.25) is 0 Å². The molecule has 0 atom stereocenters. The van der Waals surface area contributed by atoms with Crippen molar-refractivity contribution in [2.75, 3.05) is 43.4 Å². The molecule has 0 radical (unpaired) electrons. The summed E-state index contributed by atoms with van der Waals surface area (Å²) >= 11 is 0. The van der Waals surface area contributed by atoms with Crippen LogP contribution in [0.4, 0.5) is 11.4 Å². The Bertz CT molecular complexity index is 763. The number of para-hydroxylation sites is 2. The number of amides is 1. The van der Waals surface area contributed by atoms with E-state index in [0.29, 0.717) is 30.9 Å². The van der Waals surface area contributed by atoms with Gasteiger partial charge in [-0.05, 0) is 43.7 Å². The third-order valence-electron chi connectivity index (χ3n) is 4.56. The van der Waals surface area contributed by atoms with Gasteiger partial charge in [-0.1, -0.05) is 18.2 Å². The molecule has 2 aromatic rings. The molecule has 7 heteroatoms. The summed E-state index contributed by atoms with van der Waals surface area (Å²) in [7, 11) is 0. The van der Waals surface area contributed by atoms with Crippen molar-refractivity contribution in [3.05, 3.63) is 53.6 Å². The van der Waals surface area contributed by atoms with Gasteiger partial charge in [0, 0.05) is 37.4 Å². The van der Waals surface area contributed by atoms with Crippen molar-refractivity contribution in [1.82, 2.24) is 4.90 Å². The van der Waals surface area contributed by atoms with Crippen molar-refractivity contribution < 1.29 is 9.53 Å². The summed E-state index contributed by atoms with van der Waals surface area (Å²) in [4.78, 5) is 17.0. The maximum Gasteiger partial charge on any atom is 0.254 e. The first-order valence-corrected chi connectivity index (χ1v) is 8.72. The molecular weight excluding hydrogens is 385 g/mol. The Hall–Kier alpha value is -2.11. The van der Waals surface area contributed by atoms with E-state index in [2.05, 4.69) is 11.0 Å². The minimum absolute atomic E-state index is 0. The van der Waals surface area contributed by atoms with Gasteiger partial charge in [-0.2, -0.15) is 0 Å². The van der Waals surface area contributed by atoms with Gasteiger partial charge in [0.1, 0.15) is 5.75 Å². The van der Waals surface area contributed by atoms with Gasteiger partial charge in [0.05, 0.1) is 12.3 Å². The van der Waals surface area contributed by atoms with E-state index in [4.69, 9.17) is 10.5 Å². The highest BCUT2D eigenvalue weighted by atomic mass is 35.5. The second kappa shape index (κ2) is 10.3. The van der Waals surface area contributed by atoms with Gasteiger partial charge < -0.3 is 20.3 Å². The van der Waals surface area contributed by atoms with Crippen molar-refractivity contribution in [1.29, 1.82) is 0 Å². The van der Waals surface area contributed by atoms with E-state index in [1.54, 1.807) is 6.07 Å². The maximum absolute atomic E-state index is 12.8. The first kappa shape index (κ1) is 22.9. The number of piperazine rings is 1. The molecule has 1 aliphatic rings. The van der Waals surface area contributed by atoms with Crippen LogP contribution < -0.4 is 15.4 Å². The van der Waals surface area contributed by atoms with Gasteiger partial charge in [0.25, 0.3) is 5.91 Å². The molecule has 0 aliphatic carbocycles. The summed E-state index contributed by atoms with van der Waals surface area (Å²) in [5, 5.41) is 0. The smallest absolute Gasteiger partial charge is 0.254 e. The Labute approximate surface area is 173 Å². The second-order valence-electron chi connectivity index (χ2n) is 6.25. The van der Waals surface area contributed by atoms with Crippen LogP contribution in [0.25, 0.3) is 0 Å². The average molecular weight is 412 g/mol. The Morgan fingerprint density at radius 2 is 1.74 bits per heavy atom. The third kappa shape index (κ3) is 5.21. The number of hydrogen-bond acceptors (Lipinski definition) is 4. The van der Waals surface area contributed by atoms with Crippen molar-refractivity contribution in [3.8, 4) is 5.75 Å². The van der Waals surface area contributed by atoms with Gasteiger partial charge >= 0.3 is 0 Å². The first-order chi connectivity index (χ1) is 12.1. The van der Waals surface area contributed by atoms with Gasteiger partial charge in [-0.3, -0.25) is 4.79 Å². The molecule has 0 bridgehead atoms. The fourth-order valence-corrected chi connectivity index (χ4v) is 3.19. The number of nitrogens with two attached hydrogens (primary N) is 1. The molecule has 0 aromatic heterocycles. The topological polar surface area (TPSA) is 58.8 Å². The predicted molar refractivity (Wildman–Crippen MR) is 116 cm³/mol. The fraction of sp³-hybridized carbons (Fsp3) is 0.350. The zero-order valence-electron chi connectivity index (χ0n) is 15.7. The average Bonchev–Trinajstić information content (AvgIpc) is 2.64. The normalized spacial score (nSPS) is 13.4.